The minimum Gasteiger partial charge on any atom is -0.378 e. The highest BCUT2D eigenvalue weighted by Crippen LogP contribution is 2.26. The van der Waals surface area contributed by atoms with Crippen molar-refractivity contribution in [3.63, 3.8) is 0 Å². The summed E-state index contributed by atoms with van der Waals surface area (Å²) in [6.45, 7) is 12.6. The molecule has 4 rings (SSSR count). The lowest BCUT2D eigenvalue weighted by molar-refractivity contribution is 0.101. The molecule has 8 nitrogen and oxygen atoms in total. The molecule has 1 saturated heterocycles. The number of carbonyl (C=O) groups excluding carboxylic acids is 2. The fraction of sp³-hybridized carbons (Fsp3) is 0.345. The summed E-state index contributed by atoms with van der Waals surface area (Å²) in [5.41, 5.74) is 5.31. The molecule has 2 amide bonds. The van der Waals surface area contributed by atoms with Gasteiger partial charge in [-0.05, 0) is 75.2 Å². The number of pyridine rings is 1. The smallest absolute Gasteiger partial charge is 0.256 e. The largest absolute Gasteiger partial charge is 0.378 e. The number of aryl methyl sites for hydroxylation is 1. The van der Waals surface area contributed by atoms with Crippen LogP contribution in [0.2, 0.25) is 0 Å². The van der Waals surface area contributed by atoms with E-state index in [1.807, 2.05) is 44.2 Å². The lowest BCUT2D eigenvalue weighted by Gasteiger charge is -2.27. The second kappa shape index (κ2) is 11.9. The zero-order valence-corrected chi connectivity index (χ0v) is 22.0. The summed E-state index contributed by atoms with van der Waals surface area (Å²) in [7, 11) is 0. The van der Waals surface area contributed by atoms with Crippen molar-refractivity contribution in [2.45, 2.75) is 27.7 Å². The van der Waals surface area contributed by atoms with E-state index in [1.54, 1.807) is 24.4 Å². The molecule has 0 spiro atoms. The topological polar surface area (TPSA) is 86.8 Å². The summed E-state index contributed by atoms with van der Waals surface area (Å²) in [4.78, 5) is 35.0. The highest BCUT2D eigenvalue weighted by atomic mass is 16.5. The van der Waals surface area contributed by atoms with Gasteiger partial charge in [0.05, 0.1) is 13.2 Å². The molecule has 1 aliphatic rings. The Labute approximate surface area is 218 Å². The standard InChI is InChI=1S/C29H35N5O3/c1-5-33(6-2)26-9-7-8-24(21(26)4)29(36)32-25-19-23(11-10-20(25)3)31-28(35)22-12-13-30-27(18-22)34-14-16-37-17-15-34/h7-13,18-19H,5-6,14-17H2,1-4H3,(H,31,35)(H,32,36). The Morgan fingerprint density at radius 3 is 2.46 bits per heavy atom. The van der Waals surface area contributed by atoms with Gasteiger partial charge in [0.15, 0.2) is 0 Å². The molecule has 37 heavy (non-hydrogen) atoms. The van der Waals surface area contributed by atoms with Crippen LogP contribution in [0.1, 0.15) is 45.7 Å². The quantitative estimate of drug-likeness (QED) is 0.457. The summed E-state index contributed by atoms with van der Waals surface area (Å²) in [6.07, 6.45) is 1.65. The highest BCUT2D eigenvalue weighted by molar-refractivity contribution is 6.08. The Kier molecular flexibility index (Phi) is 8.40. The van der Waals surface area contributed by atoms with E-state index in [-0.39, 0.29) is 11.8 Å². The van der Waals surface area contributed by atoms with Gasteiger partial charge in [0.1, 0.15) is 5.82 Å². The highest BCUT2D eigenvalue weighted by Gasteiger charge is 2.17. The van der Waals surface area contributed by atoms with E-state index >= 15 is 0 Å². The average Bonchev–Trinajstić information content (AvgIpc) is 2.92. The maximum absolute atomic E-state index is 13.2. The van der Waals surface area contributed by atoms with Gasteiger partial charge in [-0.3, -0.25) is 9.59 Å². The van der Waals surface area contributed by atoms with Crippen molar-refractivity contribution in [1.29, 1.82) is 0 Å². The number of benzene rings is 2. The fourth-order valence-electron chi connectivity index (χ4n) is 4.53. The molecule has 0 unspecified atom stereocenters. The van der Waals surface area contributed by atoms with Gasteiger partial charge < -0.3 is 25.2 Å². The van der Waals surface area contributed by atoms with Crippen molar-refractivity contribution in [2.75, 3.05) is 59.8 Å². The van der Waals surface area contributed by atoms with E-state index in [1.165, 1.54) is 0 Å². The van der Waals surface area contributed by atoms with Crippen LogP contribution in [0, 0.1) is 13.8 Å². The Morgan fingerprint density at radius 2 is 1.73 bits per heavy atom. The minimum absolute atomic E-state index is 0.178. The van der Waals surface area contributed by atoms with E-state index < -0.39 is 0 Å². The van der Waals surface area contributed by atoms with Crippen LogP contribution in [0.25, 0.3) is 0 Å². The van der Waals surface area contributed by atoms with E-state index in [0.29, 0.717) is 35.7 Å². The summed E-state index contributed by atoms with van der Waals surface area (Å²) >= 11 is 0. The zero-order valence-electron chi connectivity index (χ0n) is 22.0. The zero-order chi connectivity index (χ0) is 26.4. The van der Waals surface area contributed by atoms with Gasteiger partial charge in [0, 0.05) is 60.6 Å². The lowest BCUT2D eigenvalue weighted by Crippen LogP contribution is -2.36. The average molecular weight is 502 g/mol. The Balaban J connectivity index is 1.50. The molecule has 194 valence electrons. The van der Waals surface area contributed by atoms with Gasteiger partial charge in [-0.2, -0.15) is 0 Å². The second-order valence-corrected chi connectivity index (χ2v) is 9.06. The van der Waals surface area contributed by atoms with Crippen LogP contribution in [-0.2, 0) is 4.74 Å². The summed E-state index contributed by atoms with van der Waals surface area (Å²) in [5, 5.41) is 5.99. The first kappa shape index (κ1) is 26.2. The number of aromatic nitrogens is 1. The number of rotatable bonds is 8. The molecule has 2 aromatic carbocycles. The van der Waals surface area contributed by atoms with E-state index in [0.717, 1.165) is 48.8 Å². The van der Waals surface area contributed by atoms with Crippen molar-refractivity contribution < 1.29 is 14.3 Å². The van der Waals surface area contributed by atoms with Gasteiger partial charge in [0.2, 0.25) is 0 Å². The minimum atomic E-state index is -0.235. The third-order valence-electron chi connectivity index (χ3n) is 6.74. The van der Waals surface area contributed by atoms with E-state index in [2.05, 4.69) is 39.3 Å². The molecule has 8 heteroatoms. The molecule has 2 N–H and O–H groups in total. The van der Waals surface area contributed by atoms with Crippen molar-refractivity contribution in [2.24, 2.45) is 0 Å². The number of amides is 2. The Hall–Kier alpha value is -3.91. The fourth-order valence-corrected chi connectivity index (χ4v) is 4.53. The van der Waals surface area contributed by atoms with E-state index in [9.17, 15) is 9.59 Å². The molecule has 1 fully saturated rings. The number of morpholine rings is 1. The van der Waals surface area contributed by atoms with Gasteiger partial charge >= 0.3 is 0 Å². The normalized spacial score (nSPS) is 13.2. The van der Waals surface area contributed by atoms with Gasteiger partial charge in [-0.1, -0.05) is 12.1 Å². The van der Waals surface area contributed by atoms with Gasteiger partial charge in [0.25, 0.3) is 11.8 Å². The van der Waals surface area contributed by atoms with Gasteiger partial charge in [-0.15, -0.1) is 0 Å². The predicted octanol–water partition coefficient (Wildman–Crippen LogP) is 4.89. The maximum Gasteiger partial charge on any atom is 0.256 e. The maximum atomic E-state index is 13.2. The SMILES string of the molecule is CCN(CC)c1cccc(C(=O)Nc2cc(NC(=O)c3ccnc(N4CCOCC4)c3)ccc2C)c1C. The first-order valence-corrected chi connectivity index (χ1v) is 12.8. The molecule has 0 radical (unpaired) electrons. The first-order chi connectivity index (χ1) is 17.9. The van der Waals surface area contributed by atoms with Crippen molar-refractivity contribution >= 4 is 34.7 Å². The molecule has 1 aliphatic heterocycles. The lowest BCUT2D eigenvalue weighted by atomic mass is 10.0. The molecule has 0 atom stereocenters. The molecule has 1 aromatic heterocycles. The van der Waals surface area contributed by atoms with Crippen LogP contribution in [0.15, 0.2) is 54.7 Å². The number of nitrogens with zero attached hydrogens (tertiary/aromatic N) is 3. The third-order valence-corrected chi connectivity index (χ3v) is 6.74. The molecule has 0 saturated carbocycles. The first-order valence-electron chi connectivity index (χ1n) is 12.8. The molecule has 0 aliphatic carbocycles. The van der Waals surface area contributed by atoms with Crippen LogP contribution in [0.5, 0.6) is 0 Å². The molecule has 0 bridgehead atoms. The van der Waals surface area contributed by atoms with Crippen LogP contribution in [0.3, 0.4) is 0 Å². The van der Waals surface area contributed by atoms with Crippen molar-refractivity contribution in [3.05, 3.63) is 77.0 Å². The summed E-state index contributed by atoms with van der Waals surface area (Å²) in [6, 6.07) is 14.8. The number of ether oxygens (including phenoxy) is 1. The third kappa shape index (κ3) is 6.09. The molecular formula is C29H35N5O3. The summed E-state index contributed by atoms with van der Waals surface area (Å²) in [5.74, 6) is 0.346. The molecular weight excluding hydrogens is 466 g/mol. The number of anilines is 4. The van der Waals surface area contributed by atoms with Crippen molar-refractivity contribution in [3.8, 4) is 0 Å². The predicted molar refractivity (Wildman–Crippen MR) is 149 cm³/mol. The van der Waals surface area contributed by atoms with Crippen molar-refractivity contribution in [1.82, 2.24) is 4.98 Å². The summed E-state index contributed by atoms with van der Waals surface area (Å²) < 4.78 is 5.41. The number of nitrogens with one attached hydrogen (secondary N) is 2. The number of hydrogen-bond acceptors (Lipinski definition) is 6. The molecule has 3 aromatic rings. The van der Waals surface area contributed by atoms with Crippen LogP contribution >= 0.6 is 0 Å². The Morgan fingerprint density at radius 1 is 0.973 bits per heavy atom. The van der Waals surface area contributed by atoms with Crippen LogP contribution in [-0.4, -0.2) is 56.2 Å². The van der Waals surface area contributed by atoms with Crippen LogP contribution < -0.4 is 20.4 Å². The van der Waals surface area contributed by atoms with Gasteiger partial charge in [-0.25, -0.2) is 4.98 Å². The van der Waals surface area contributed by atoms with E-state index in [4.69, 9.17) is 4.74 Å². The second-order valence-electron chi connectivity index (χ2n) is 9.06. The monoisotopic (exact) mass is 501 g/mol. The Bertz CT molecular complexity index is 1270. The number of hydrogen-bond donors (Lipinski definition) is 2. The van der Waals surface area contributed by atoms with Crippen LogP contribution in [0.4, 0.5) is 22.9 Å². The number of carbonyl (C=O) groups is 2. The molecule has 2 heterocycles.